The SMILES string of the molecule is CCc1nc2sc(C)cn2c1C(=O)NCc1ccc(C(F)(F)F)cc1. The minimum Gasteiger partial charge on any atom is -0.347 e. The number of rotatable bonds is 4. The Kier molecular flexibility index (Phi) is 4.55. The zero-order chi connectivity index (χ0) is 18.2. The van der Waals surface area contributed by atoms with Crippen molar-refractivity contribution in [3.63, 3.8) is 0 Å². The molecule has 0 aliphatic rings. The second kappa shape index (κ2) is 6.51. The standard InChI is InChI=1S/C17H16F3N3OS/c1-3-13-14(23-9-10(2)25-16(23)22-13)15(24)21-8-11-4-6-12(7-5-11)17(18,19)20/h4-7,9H,3,8H2,1-2H3,(H,21,24). The van der Waals surface area contributed by atoms with E-state index in [-0.39, 0.29) is 12.5 Å². The van der Waals surface area contributed by atoms with E-state index in [0.717, 1.165) is 22.0 Å². The molecule has 1 N–H and O–H groups in total. The molecule has 0 spiro atoms. The Morgan fingerprint density at radius 3 is 2.56 bits per heavy atom. The van der Waals surface area contributed by atoms with Gasteiger partial charge in [0.15, 0.2) is 4.96 Å². The first kappa shape index (κ1) is 17.5. The molecular weight excluding hydrogens is 351 g/mol. The number of nitrogens with zero attached hydrogens (tertiary/aromatic N) is 2. The number of hydrogen-bond acceptors (Lipinski definition) is 3. The maximum atomic E-state index is 12.6. The van der Waals surface area contributed by atoms with Crippen LogP contribution in [0.25, 0.3) is 4.96 Å². The van der Waals surface area contributed by atoms with Gasteiger partial charge in [0, 0.05) is 17.6 Å². The smallest absolute Gasteiger partial charge is 0.347 e. The highest BCUT2D eigenvalue weighted by molar-refractivity contribution is 7.17. The van der Waals surface area contributed by atoms with Crippen LogP contribution in [-0.4, -0.2) is 15.3 Å². The average Bonchev–Trinajstić information content (AvgIpc) is 3.07. The Morgan fingerprint density at radius 1 is 1.28 bits per heavy atom. The monoisotopic (exact) mass is 367 g/mol. The van der Waals surface area contributed by atoms with Crippen molar-refractivity contribution >= 4 is 22.2 Å². The van der Waals surface area contributed by atoms with E-state index in [0.29, 0.717) is 23.4 Å². The predicted octanol–water partition coefficient (Wildman–Crippen LogP) is 4.22. The fourth-order valence-electron chi connectivity index (χ4n) is 2.57. The average molecular weight is 367 g/mol. The first-order chi connectivity index (χ1) is 11.8. The molecule has 8 heteroatoms. The quantitative estimate of drug-likeness (QED) is 0.751. The van der Waals surface area contributed by atoms with Gasteiger partial charge in [-0.2, -0.15) is 13.2 Å². The van der Waals surface area contributed by atoms with Crippen molar-refractivity contribution in [2.24, 2.45) is 0 Å². The molecule has 0 bridgehead atoms. The molecular formula is C17H16F3N3OS. The molecule has 1 amide bonds. The van der Waals surface area contributed by atoms with E-state index in [2.05, 4.69) is 10.3 Å². The van der Waals surface area contributed by atoms with Crippen LogP contribution in [0.4, 0.5) is 13.2 Å². The lowest BCUT2D eigenvalue weighted by Crippen LogP contribution is -2.25. The van der Waals surface area contributed by atoms with E-state index in [1.165, 1.54) is 23.5 Å². The van der Waals surface area contributed by atoms with Gasteiger partial charge in [-0.15, -0.1) is 11.3 Å². The molecule has 2 heterocycles. The zero-order valence-corrected chi connectivity index (χ0v) is 14.5. The van der Waals surface area contributed by atoms with Gasteiger partial charge in [-0.3, -0.25) is 9.20 Å². The van der Waals surface area contributed by atoms with Crippen molar-refractivity contribution in [2.45, 2.75) is 33.0 Å². The minimum absolute atomic E-state index is 0.149. The van der Waals surface area contributed by atoms with Gasteiger partial charge in [0.1, 0.15) is 5.69 Å². The molecule has 0 saturated carbocycles. The molecule has 2 aromatic heterocycles. The summed E-state index contributed by atoms with van der Waals surface area (Å²) in [6, 6.07) is 4.76. The number of alkyl halides is 3. The van der Waals surface area contributed by atoms with Gasteiger partial charge in [-0.05, 0) is 31.0 Å². The summed E-state index contributed by atoms with van der Waals surface area (Å²) < 4.78 is 39.5. The fraction of sp³-hybridized carbons (Fsp3) is 0.294. The van der Waals surface area contributed by atoms with E-state index in [1.54, 1.807) is 4.40 Å². The molecule has 25 heavy (non-hydrogen) atoms. The number of aromatic nitrogens is 2. The lowest BCUT2D eigenvalue weighted by molar-refractivity contribution is -0.137. The summed E-state index contributed by atoms with van der Waals surface area (Å²) in [4.78, 5) is 18.8. The molecule has 4 nitrogen and oxygen atoms in total. The maximum Gasteiger partial charge on any atom is 0.416 e. The van der Waals surface area contributed by atoms with Crippen molar-refractivity contribution < 1.29 is 18.0 Å². The number of nitrogens with one attached hydrogen (secondary N) is 1. The molecule has 132 valence electrons. The highest BCUT2D eigenvalue weighted by Crippen LogP contribution is 2.29. The van der Waals surface area contributed by atoms with E-state index >= 15 is 0 Å². The number of carbonyl (C=O) groups excluding carboxylic acids is 1. The van der Waals surface area contributed by atoms with Crippen LogP contribution in [-0.2, 0) is 19.1 Å². The second-order valence-corrected chi connectivity index (χ2v) is 6.85. The number of halogens is 3. The summed E-state index contributed by atoms with van der Waals surface area (Å²) in [5, 5.41) is 2.76. The normalized spacial score (nSPS) is 11.9. The summed E-state index contributed by atoms with van der Waals surface area (Å²) in [6.45, 7) is 4.01. The molecule has 3 aromatic rings. The molecule has 0 radical (unpaired) electrons. The van der Waals surface area contributed by atoms with Gasteiger partial charge in [0.2, 0.25) is 0 Å². The summed E-state index contributed by atoms with van der Waals surface area (Å²) in [7, 11) is 0. The lowest BCUT2D eigenvalue weighted by Gasteiger charge is -2.09. The Bertz CT molecular complexity index is 910. The van der Waals surface area contributed by atoms with Crippen molar-refractivity contribution in [3.05, 3.63) is 57.9 Å². The Balaban J connectivity index is 1.77. The van der Waals surface area contributed by atoms with Gasteiger partial charge in [0.25, 0.3) is 5.91 Å². The second-order valence-electron chi connectivity index (χ2n) is 5.63. The van der Waals surface area contributed by atoms with E-state index in [4.69, 9.17) is 0 Å². The number of imidazole rings is 1. The third-order valence-corrected chi connectivity index (χ3v) is 4.70. The molecule has 0 unspecified atom stereocenters. The van der Waals surface area contributed by atoms with E-state index in [9.17, 15) is 18.0 Å². The van der Waals surface area contributed by atoms with Crippen molar-refractivity contribution in [2.75, 3.05) is 0 Å². The van der Waals surface area contributed by atoms with Gasteiger partial charge >= 0.3 is 6.18 Å². The summed E-state index contributed by atoms with van der Waals surface area (Å²) in [5.41, 5.74) is 1.08. The first-order valence-electron chi connectivity index (χ1n) is 7.71. The Labute approximate surface area is 146 Å². The molecule has 0 aliphatic heterocycles. The summed E-state index contributed by atoms with van der Waals surface area (Å²) in [5.74, 6) is -0.290. The summed E-state index contributed by atoms with van der Waals surface area (Å²) in [6.07, 6.45) is -1.88. The number of benzene rings is 1. The van der Waals surface area contributed by atoms with Crippen LogP contribution >= 0.6 is 11.3 Å². The van der Waals surface area contributed by atoms with Crippen LogP contribution in [0.15, 0.2) is 30.5 Å². The molecule has 1 aromatic carbocycles. The Morgan fingerprint density at radius 2 is 1.96 bits per heavy atom. The zero-order valence-electron chi connectivity index (χ0n) is 13.6. The van der Waals surface area contributed by atoms with Crippen LogP contribution in [0.2, 0.25) is 0 Å². The minimum atomic E-state index is -4.36. The third-order valence-electron chi connectivity index (χ3n) is 3.80. The van der Waals surface area contributed by atoms with Gasteiger partial charge in [-0.25, -0.2) is 4.98 Å². The topological polar surface area (TPSA) is 46.4 Å². The number of fused-ring (bicyclic) bond motifs is 1. The fourth-order valence-corrected chi connectivity index (χ4v) is 3.41. The first-order valence-corrected chi connectivity index (χ1v) is 8.53. The van der Waals surface area contributed by atoms with E-state index in [1.807, 2.05) is 20.0 Å². The number of amides is 1. The molecule has 0 atom stereocenters. The summed E-state index contributed by atoms with van der Waals surface area (Å²) >= 11 is 1.50. The van der Waals surface area contributed by atoms with Crippen LogP contribution in [0, 0.1) is 6.92 Å². The Hall–Kier alpha value is -2.35. The number of aryl methyl sites for hydroxylation is 2. The number of hydrogen-bond donors (Lipinski definition) is 1. The van der Waals surface area contributed by atoms with Crippen LogP contribution in [0.5, 0.6) is 0 Å². The predicted molar refractivity (Wildman–Crippen MR) is 89.8 cm³/mol. The van der Waals surface area contributed by atoms with Crippen LogP contribution in [0.3, 0.4) is 0 Å². The molecule has 0 aliphatic carbocycles. The van der Waals surface area contributed by atoms with Crippen molar-refractivity contribution in [1.29, 1.82) is 0 Å². The number of carbonyl (C=O) groups is 1. The lowest BCUT2D eigenvalue weighted by atomic mass is 10.1. The highest BCUT2D eigenvalue weighted by atomic mass is 32.1. The van der Waals surface area contributed by atoms with Crippen LogP contribution in [0.1, 0.15) is 39.1 Å². The maximum absolute atomic E-state index is 12.6. The molecule has 0 fully saturated rings. The van der Waals surface area contributed by atoms with Crippen molar-refractivity contribution in [3.8, 4) is 0 Å². The number of thiazole rings is 1. The van der Waals surface area contributed by atoms with Gasteiger partial charge in [0.05, 0.1) is 11.3 Å². The molecule has 0 saturated heterocycles. The van der Waals surface area contributed by atoms with E-state index < -0.39 is 11.7 Å². The van der Waals surface area contributed by atoms with Gasteiger partial charge in [-0.1, -0.05) is 19.1 Å². The third kappa shape index (κ3) is 3.53. The largest absolute Gasteiger partial charge is 0.416 e. The van der Waals surface area contributed by atoms with Crippen LogP contribution < -0.4 is 5.32 Å². The van der Waals surface area contributed by atoms with Crippen molar-refractivity contribution in [1.82, 2.24) is 14.7 Å². The van der Waals surface area contributed by atoms with Gasteiger partial charge < -0.3 is 5.32 Å². The molecule has 3 rings (SSSR count). The highest BCUT2D eigenvalue weighted by Gasteiger charge is 2.30.